The first kappa shape index (κ1) is 15.5. The zero-order valence-corrected chi connectivity index (χ0v) is 14.0. The summed E-state index contributed by atoms with van der Waals surface area (Å²) >= 11 is 0. The number of ketones is 1. The van der Waals surface area contributed by atoms with E-state index in [0.29, 0.717) is 24.3 Å². The van der Waals surface area contributed by atoms with E-state index in [1.807, 2.05) is 12.1 Å². The highest BCUT2D eigenvalue weighted by molar-refractivity contribution is 5.83. The molecule has 0 aliphatic carbocycles. The standard InChI is InChI=1S/C21H24N2O/c24-21(12-16-8-10-22-11-9-16)18-13-19-6-7-20(14-18)23(19)15-17-4-2-1-3-5-17/h1-5,8-11,18-20H,6-7,12-15H2. The second-order valence-electron chi connectivity index (χ2n) is 7.21. The number of hydrogen-bond donors (Lipinski definition) is 0. The third kappa shape index (κ3) is 3.27. The third-order valence-corrected chi connectivity index (χ3v) is 5.68. The van der Waals surface area contributed by atoms with E-state index in [0.717, 1.165) is 24.9 Å². The molecule has 1 aromatic carbocycles. The Hall–Kier alpha value is -2.00. The van der Waals surface area contributed by atoms with Crippen molar-refractivity contribution in [3.63, 3.8) is 0 Å². The van der Waals surface area contributed by atoms with Gasteiger partial charge in [-0.2, -0.15) is 0 Å². The van der Waals surface area contributed by atoms with Gasteiger partial charge in [-0.3, -0.25) is 14.7 Å². The Morgan fingerprint density at radius 3 is 2.29 bits per heavy atom. The van der Waals surface area contributed by atoms with Crippen molar-refractivity contribution in [1.29, 1.82) is 0 Å². The number of piperidine rings is 1. The molecule has 4 rings (SSSR count). The fourth-order valence-electron chi connectivity index (χ4n) is 4.44. The number of carbonyl (C=O) groups is 1. The highest BCUT2D eigenvalue weighted by Crippen LogP contribution is 2.40. The molecule has 0 spiro atoms. The summed E-state index contributed by atoms with van der Waals surface area (Å²) in [6.45, 7) is 1.03. The van der Waals surface area contributed by atoms with Crippen molar-refractivity contribution in [2.75, 3.05) is 0 Å². The van der Waals surface area contributed by atoms with Crippen molar-refractivity contribution in [2.45, 2.75) is 50.7 Å². The Kier molecular flexibility index (Phi) is 4.44. The van der Waals surface area contributed by atoms with Crippen LogP contribution in [-0.2, 0) is 17.8 Å². The third-order valence-electron chi connectivity index (χ3n) is 5.68. The van der Waals surface area contributed by atoms with Crippen LogP contribution in [0.25, 0.3) is 0 Å². The van der Waals surface area contributed by atoms with E-state index >= 15 is 0 Å². The van der Waals surface area contributed by atoms with Gasteiger partial charge in [-0.1, -0.05) is 30.3 Å². The number of aromatic nitrogens is 1. The van der Waals surface area contributed by atoms with Gasteiger partial charge >= 0.3 is 0 Å². The molecule has 3 nitrogen and oxygen atoms in total. The van der Waals surface area contributed by atoms with Crippen molar-refractivity contribution in [2.24, 2.45) is 5.92 Å². The minimum Gasteiger partial charge on any atom is -0.299 e. The SMILES string of the molecule is O=C(Cc1ccncc1)C1CC2CCC(C1)N2Cc1ccccc1. The van der Waals surface area contributed by atoms with Crippen LogP contribution >= 0.6 is 0 Å². The predicted molar refractivity (Wildman–Crippen MR) is 94.5 cm³/mol. The molecule has 2 unspecified atom stereocenters. The van der Waals surface area contributed by atoms with Gasteiger partial charge in [0.25, 0.3) is 0 Å². The smallest absolute Gasteiger partial charge is 0.140 e. The summed E-state index contributed by atoms with van der Waals surface area (Å²) in [6, 6.07) is 15.8. The fourth-order valence-corrected chi connectivity index (χ4v) is 4.44. The number of Topliss-reactive ketones (excluding diaryl/α,β-unsaturated/α-hetero) is 1. The lowest BCUT2D eigenvalue weighted by atomic mass is 9.85. The van der Waals surface area contributed by atoms with Gasteiger partial charge in [-0.15, -0.1) is 0 Å². The van der Waals surface area contributed by atoms with Crippen molar-refractivity contribution in [3.8, 4) is 0 Å². The molecule has 2 aliphatic rings. The van der Waals surface area contributed by atoms with Crippen LogP contribution in [0.5, 0.6) is 0 Å². The Morgan fingerprint density at radius 1 is 0.958 bits per heavy atom. The lowest BCUT2D eigenvalue weighted by Gasteiger charge is -2.38. The van der Waals surface area contributed by atoms with Crippen LogP contribution in [-0.4, -0.2) is 27.8 Å². The molecule has 124 valence electrons. The fraction of sp³-hybridized carbons (Fsp3) is 0.429. The lowest BCUT2D eigenvalue weighted by molar-refractivity contribution is -0.124. The van der Waals surface area contributed by atoms with Crippen LogP contribution in [0.2, 0.25) is 0 Å². The van der Waals surface area contributed by atoms with E-state index in [-0.39, 0.29) is 5.92 Å². The monoisotopic (exact) mass is 320 g/mol. The van der Waals surface area contributed by atoms with E-state index in [9.17, 15) is 4.79 Å². The molecule has 0 saturated carbocycles. The molecule has 3 heteroatoms. The van der Waals surface area contributed by atoms with Crippen LogP contribution in [0, 0.1) is 5.92 Å². The Balaban J connectivity index is 1.40. The van der Waals surface area contributed by atoms with Crippen molar-refractivity contribution >= 4 is 5.78 Å². The molecule has 1 aromatic heterocycles. The highest BCUT2D eigenvalue weighted by atomic mass is 16.1. The van der Waals surface area contributed by atoms with E-state index < -0.39 is 0 Å². The first-order valence-electron chi connectivity index (χ1n) is 9.01. The second-order valence-corrected chi connectivity index (χ2v) is 7.21. The quantitative estimate of drug-likeness (QED) is 0.843. The van der Waals surface area contributed by atoms with Gasteiger partial charge in [0.2, 0.25) is 0 Å². The average Bonchev–Trinajstić information content (AvgIpc) is 2.84. The van der Waals surface area contributed by atoms with E-state index in [2.05, 4.69) is 40.2 Å². The minimum atomic E-state index is 0.239. The normalized spacial score (nSPS) is 26.4. The van der Waals surface area contributed by atoms with Gasteiger partial charge < -0.3 is 0 Å². The summed E-state index contributed by atoms with van der Waals surface area (Å²) in [5, 5.41) is 0. The molecule has 0 radical (unpaired) electrons. The first-order valence-corrected chi connectivity index (χ1v) is 9.01. The van der Waals surface area contributed by atoms with Gasteiger partial charge in [0.1, 0.15) is 5.78 Å². The summed E-state index contributed by atoms with van der Waals surface area (Å²) in [6.07, 6.45) is 8.67. The summed E-state index contributed by atoms with van der Waals surface area (Å²) < 4.78 is 0. The van der Waals surface area contributed by atoms with E-state index in [4.69, 9.17) is 0 Å². The molecule has 0 amide bonds. The molecule has 3 heterocycles. The lowest BCUT2D eigenvalue weighted by Crippen LogP contribution is -2.44. The van der Waals surface area contributed by atoms with Crippen molar-refractivity contribution in [1.82, 2.24) is 9.88 Å². The van der Waals surface area contributed by atoms with Gasteiger partial charge in [0.05, 0.1) is 0 Å². The molecule has 2 atom stereocenters. The average molecular weight is 320 g/mol. The number of carbonyl (C=O) groups excluding carboxylic acids is 1. The van der Waals surface area contributed by atoms with Crippen LogP contribution in [0.1, 0.15) is 36.8 Å². The number of nitrogens with zero attached hydrogens (tertiary/aromatic N) is 2. The number of benzene rings is 1. The Labute approximate surface area is 143 Å². The zero-order valence-electron chi connectivity index (χ0n) is 14.0. The summed E-state index contributed by atoms with van der Waals surface area (Å²) in [7, 11) is 0. The number of rotatable bonds is 5. The van der Waals surface area contributed by atoms with E-state index in [1.165, 1.54) is 18.4 Å². The second kappa shape index (κ2) is 6.86. The van der Waals surface area contributed by atoms with Gasteiger partial charge in [0, 0.05) is 43.4 Å². The van der Waals surface area contributed by atoms with Gasteiger partial charge in [0.15, 0.2) is 0 Å². The predicted octanol–water partition coefficient (Wildman–Crippen LogP) is 3.64. The summed E-state index contributed by atoms with van der Waals surface area (Å²) in [5.74, 6) is 0.653. The molecule has 2 aromatic rings. The Morgan fingerprint density at radius 2 is 1.62 bits per heavy atom. The highest BCUT2D eigenvalue weighted by Gasteiger charge is 2.42. The molecule has 2 fully saturated rings. The largest absolute Gasteiger partial charge is 0.299 e. The number of hydrogen-bond acceptors (Lipinski definition) is 3. The molecule has 2 aliphatic heterocycles. The maximum Gasteiger partial charge on any atom is 0.140 e. The maximum atomic E-state index is 12.7. The first-order chi connectivity index (χ1) is 11.8. The molecule has 2 bridgehead atoms. The van der Waals surface area contributed by atoms with Crippen LogP contribution in [0.3, 0.4) is 0 Å². The van der Waals surface area contributed by atoms with Crippen LogP contribution in [0.4, 0.5) is 0 Å². The van der Waals surface area contributed by atoms with Gasteiger partial charge in [-0.05, 0) is 48.9 Å². The topological polar surface area (TPSA) is 33.2 Å². The molecule has 2 saturated heterocycles. The molecular formula is C21H24N2O. The number of pyridine rings is 1. The van der Waals surface area contributed by atoms with Crippen molar-refractivity contribution in [3.05, 3.63) is 66.0 Å². The van der Waals surface area contributed by atoms with Crippen LogP contribution in [0.15, 0.2) is 54.9 Å². The summed E-state index contributed by atoms with van der Waals surface area (Å²) in [4.78, 5) is 19.4. The van der Waals surface area contributed by atoms with E-state index in [1.54, 1.807) is 12.4 Å². The van der Waals surface area contributed by atoms with Crippen LogP contribution < -0.4 is 0 Å². The Bertz CT molecular complexity index is 671. The summed E-state index contributed by atoms with van der Waals surface area (Å²) in [5.41, 5.74) is 2.48. The molecular weight excluding hydrogens is 296 g/mol. The number of fused-ring (bicyclic) bond motifs is 2. The zero-order chi connectivity index (χ0) is 16.4. The molecule has 0 N–H and O–H groups in total. The minimum absolute atomic E-state index is 0.239. The van der Waals surface area contributed by atoms with Crippen molar-refractivity contribution < 1.29 is 4.79 Å². The van der Waals surface area contributed by atoms with Gasteiger partial charge in [-0.25, -0.2) is 0 Å². The maximum absolute atomic E-state index is 12.7. The molecule has 24 heavy (non-hydrogen) atoms.